The van der Waals surface area contributed by atoms with Gasteiger partial charge in [0.05, 0.1) is 15.4 Å². The van der Waals surface area contributed by atoms with Gasteiger partial charge in [-0.15, -0.1) is 0 Å². The molecule has 0 aliphatic rings. The molecule has 0 saturated carbocycles. The second-order valence-electron chi connectivity index (χ2n) is 8.45. The lowest BCUT2D eigenvalue weighted by molar-refractivity contribution is 0.00681. The monoisotopic (exact) mass is 416 g/mol. The van der Waals surface area contributed by atoms with Crippen molar-refractivity contribution >= 4 is 15.8 Å². The lowest BCUT2D eigenvalue weighted by atomic mass is 10.0. The van der Waals surface area contributed by atoms with Crippen molar-refractivity contribution < 1.29 is 17.9 Å². The molecule has 5 heteroatoms. The fourth-order valence-corrected chi connectivity index (χ4v) is 4.38. The summed E-state index contributed by atoms with van der Waals surface area (Å²) in [6, 6.07) is 11.5. The number of benzene rings is 2. The zero-order valence-corrected chi connectivity index (χ0v) is 18.9. The van der Waals surface area contributed by atoms with E-state index in [0.717, 1.165) is 36.8 Å². The van der Waals surface area contributed by atoms with E-state index in [9.17, 15) is 13.2 Å². The van der Waals surface area contributed by atoms with Crippen LogP contribution in [0, 0.1) is 6.92 Å². The molecule has 2 rings (SSSR count). The van der Waals surface area contributed by atoms with Crippen molar-refractivity contribution in [2.24, 2.45) is 0 Å². The van der Waals surface area contributed by atoms with Gasteiger partial charge in [0.1, 0.15) is 5.60 Å². The number of unbranched alkanes of at least 4 members (excludes halogenated alkanes) is 3. The summed E-state index contributed by atoms with van der Waals surface area (Å²) < 4.78 is 31.7. The van der Waals surface area contributed by atoms with E-state index in [1.807, 2.05) is 27.7 Å². The Morgan fingerprint density at radius 3 is 2.14 bits per heavy atom. The summed E-state index contributed by atoms with van der Waals surface area (Å²) in [4.78, 5) is 13.1. The van der Waals surface area contributed by atoms with E-state index in [1.165, 1.54) is 6.07 Å². The molecular formula is C24H32O4S. The average molecular weight is 417 g/mol. The van der Waals surface area contributed by atoms with E-state index in [-0.39, 0.29) is 9.79 Å². The van der Waals surface area contributed by atoms with Gasteiger partial charge in [0.2, 0.25) is 9.84 Å². The van der Waals surface area contributed by atoms with Crippen LogP contribution < -0.4 is 0 Å². The molecule has 2 aromatic rings. The molecule has 158 valence electrons. The van der Waals surface area contributed by atoms with Crippen molar-refractivity contribution in [2.45, 2.75) is 82.1 Å². The first-order chi connectivity index (χ1) is 13.5. The lowest BCUT2D eigenvalue weighted by Gasteiger charge is -2.21. The van der Waals surface area contributed by atoms with Crippen LogP contribution in [0.2, 0.25) is 0 Å². The normalized spacial score (nSPS) is 12.0. The van der Waals surface area contributed by atoms with Gasteiger partial charge in [0.25, 0.3) is 0 Å². The summed E-state index contributed by atoms with van der Waals surface area (Å²) in [5.41, 5.74) is 1.56. The van der Waals surface area contributed by atoms with Crippen LogP contribution in [0.1, 0.15) is 74.9 Å². The van der Waals surface area contributed by atoms with E-state index < -0.39 is 21.4 Å². The summed E-state index contributed by atoms with van der Waals surface area (Å²) in [5.74, 6) is -0.415. The Hall–Kier alpha value is -2.14. The molecule has 29 heavy (non-hydrogen) atoms. The standard InChI is InChI=1S/C24H32O4S/c1-6-7-8-9-10-19-17-21(15-16-22(19)23(25)28-24(3,4)5)29(26,27)20-13-11-18(2)12-14-20/h11-17H,6-10H2,1-5H3. The highest BCUT2D eigenvalue weighted by Gasteiger charge is 2.23. The Labute approximate surface area is 175 Å². The Bertz CT molecular complexity index is 936. The minimum absolute atomic E-state index is 0.208. The summed E-state index contributed by atoms with van der Waals surface area (Å²) in [7, 11) is -3.64. The van der Waals surface area contributed by atoms with Crippen molar-refractivity contribution in [3.63, 3.8) is 0 Å². The molecule has 0 aromatic heterocycles. The van der Waals surface area contributed by atoms with Gasteiger partial charge in [-0.2, -0.15) is 0 Å². The molecule has 0 amide bonds. The summed E-state index contributed by atoms with van der Waals surface area (Å²) in [6.07, 6.45) is 4.81. The van der Waals surface area contributed by atoms with Crippen LogP contribution in [0.3, 0.4) is 0 Å². The number of carbonyl (C=O) groups is 1. The topological polar surface area (TPSA) is 60.4 Å². The smallest absolute Gasteiger partial charge is 0.338 e. The minimum Gasteiger partial charge on any atom is -0.456 e. The predicted octanol–water partition coefficient (Wildman–Crippen LogP) is 5.91. The molecular weight excluding hydrogens is 384 g/mol. The van der Waals surface area contributed by atoms with Crippen molar-refractivity contribution in [1.29, 1.82) is 0 Å². The van der Waals surface area contributed by atoms with Crippen molar-refractivity contribution in [3.8, 4) is 0 Å². The van der Waals surface area contributed by atoms with E-state index >= 15 is 0 Å². The number of rotatable bonds is 8. The van der Waals surface area contributed by atoms with Gasteiger partial charge in [0.15, 0.2) is 0 Å². The van der Waals surface area contributed by atoms with Crippen molar-refractivity contribution in [1.82, 2.24) is 0 Å². The molecule has 0 spiro atoms. The molecule has 4 nitrogen and oxygen atoms in total. The molecule has 0 atom stereocenters. The maximum Gasteiger partial charge on any atom is 0.338 e. The highest BCUT2D eigenvalue weighted by molar-refractivity contribution is 7.91. The first-order valence-corrected chi connectivity index (χ1v) is 11.7. The molecule has 0 N–H and O–H groups in total. The van der Waals surface area contributed by atoms with Gasteiger partial charge in [-0.3, -0.25) is 0 Å². The second kappa shape index (κ2) is 9.57. The summed E-state index contributed by atoms with van der Waals surface area (Å²) in [5, 5.41) is 0. The molecule has 0 saturated heterocycles. The molecule has 0 radical (unpaired) electrons. The molecule has 0 fully saturated rings. The van der Waals surface area contributed by atoms with Crippen LogP contribution in [-0.2, 0) is 21.0 Å². The molecule has 0 unspecified atom stereocenters. The van der Waals surface area contributed by atoms with Gasteiger partial charge < -0.3 is 4.74 Å². The van der Waals surface area contributed by atoms with Gasteiger partial charge in [-0.05, 0) is 76.4 Å². The number of carbonyl (C=O) groups excluding carboxylic acids is 1. The number of hydrogen-bond donors (Lipinski definition) is 0. The van der Waals surface area contributed by atoms with Crippen molar-refractivity contribution in [2.75, 3.05) is 0 Å². The maximum atomic E-state index is 13.1. The Balaban J connectivity index is 2.42. The van der Waals surface area contributed by atoms with Crippen molar-refractivity contribution in [3.05, 3.63) is 59.2 Å². The third kappa shape index (κ3) is 6.43. The molecule has 0 aliphatic heterocycles. The average Bonchev–Trinajstić information content (AvgIpc) is 2.64. The zero-order chi connectivity index (χ0) is 21.7. The number of ether oxygens (including phenoxy) is 1. The molecule has 2 aromatic carbocycles. The van der Waals surface area contributed by atoms with E-state index in [1.54, 1.807) is 36.4 Å². The van der Waals surface area contributed by atoms with Crippen LogP contribution in [0.5, 0.6) is 0 Å². The Morgan fingerprint density at radius 1 is 0.931 bits per heavy atom. The molecule has 0 bridgehead atoms. The third-order valence-electron chi connectivity index (χ3n) is 4.64. The lowest BCUT2D eigenvalue weighted by Crippen LogP contribution is -2.24. The fourth-order valence-electron chi connectivity index (χ4n) is 3.07. The van der Waals surface area contributed by atoms with Crippen LogP contribution in [0.15, 0.2) is 52.3 Å². The van der Waals surface area contributed by atoms with Crippen LogP contribution >= 0.6 is 0 Å². The first kappa shape index (κ1) is 23.1. The Morgan fingerprint density at radius 2 is 1.55 bits per heavy atom. The van der Waals surface area contributed by atoms with E-state index in [0.29, 0.717) is 12.0 Å². The number of esters is 1. The van der Waals surface area contributed by atoms with Crippen LogP contribution in [0.4, 0.5) is 0 Å². The number of aryl methyl sites for hydroxylation is 2. The summed E-state index contributed by atoms with van der Waals surface area (Å²) in [6.45, 7) is 9.52. The largest absolute Gasteiger partial charge is 0.456 e. The SMILES string of the molecule is CCCCCCc1cc(S(=O)(=O)c2ccc(C)cc2)ccc1C(=O)OC(C)(C)C. The minimum atomic E-state index is -3.64. The van der Waals surface area contributed by atoms with Gasteiger partial charge in [0, 0.05) is 0 Å². The first-order valence-electron chi connectivity index (χ1n) is 10.2. The molecule has 0 heterocycles. The Kier molecular flexibility index (Phi) is 7.64. The van der Waals surface area contributed by atoms with Gasteiger partial charge >= 0.3 is 5.97 Å². The highest BCUT2D eigenvalue weighted by Crippen LogP contribution is 2.26. The van der Waals surface area contributed by atoms with E-state index in [4.69, 9.17) is 4.74 Å². The highest BCUT2D eigenvalue weighted by atomic mass is 32.2. The third-order valence-corrected chi connectivity index (χ3v) is 6.40. The molecule has 0 aliphatic carbocycles. The summed E-state index contributed by atoms with van der Waals surface area (Å²) >= 11 is 0. The quantitative estimate of drug-likeness (QED) is 0.397. The number of sulfone groups is 1. The second-order valence-corrected chi connectivity index (χ2v) is 10.4. The van der Waals surface area contributed by atoms with Crippen LogP contribution in [-0.4, -0.2) is 20.0 Å². The maximum absolute atomic E-state index is 13.1. The fraction of sp³-hybridized carbons (Fsp3) is 0.458. The predicted molar refractivity (Wildman–Crippen MR) is 116 cm³/mol. The zero-order valence-electron chi connectivity index (χ0n) is 18.1. The van der Waals surface area contributed by atoms with E-state index in [2.05, 4.69) is 6.92 Å². The van der Waals surface area contributed by atoms with Crippen LogP contribution in [0.25, 0.3) is 0 Å². The van der Waals surface area contributed by atoms with Gasteiger partial charge in [-0.25, -0.2) is 13.2 Å². The number of hydrogen-bond acceptors (Lipinski definition) is 4. The van der Waals surface area contributed by atoms with Gasteiger partial charge in [-0.1, -0.05) is 43.9 Å².